The molecule has 0 aliphatic heterocycles. The van der Waals surface area contributed by atoms with E-state index in [-0.39, 0.29) is 0 Å². The number of hydrogen-bond donors (Lipinski definition) is 2. The molecular formula is C15H11F6NO6S2. The fraction of sp³-hybridized carbons (Fsp3) is 0.133. The Morgan fingerprint density at radius 2 is 0.900 bits per heavy atom. The molecule has 0 aliphatic carbocycles. The van der Waals surface area contributed by atoms with Crippen LogP contribution in [0.25, 0.3) is 21.8 Å². The van der Waals surface area contributed by atoms with E-state index in [1.54, 1.807) is 0 Å². The van der Waals surface area contributed by atoms with Gasteiger partial charge < -0.3 is 0 Å². The van der Waals surface area contributed by atoms with Crippen LogP contribution in [-0.2, 0) is 20.2 Å². The topological polar surface area (TPSA) is 122 Å². The molecular weight excluding hydrogens is 468 g/mol. The van der Waals surface area contributed by atoms with Crippen LogP contribution >= 0.6 is 0 Å². The molecule has 15 heteroatoms. The lowest BCUT2D eigenvalue weighted by Gasteiger charge is -1.99. The Morgan fingerprint density at radius 1 is 0.633 bits per heavy atom. The summed E-state index contributed by atoms with van der Waals surface area (Å²) in [4.78, 5) is 4.58. The summed E-state index contributed by atoms with van der Waals surface area (Å²) in [5.74, 6) is 0. The number of hydrogen-bond acceptors (Lipinski definition) is 5. The highest BCUT2D eigenvalue weighted by molar-refractivity contribution is 7.86. The van der Waals surface area contributed by atoms with Gasteiger partial charge in [0.1, 0.15) is 0 Å². The van der Waals surface area contributed by atoms with Gasteiger partial charge in [-0.15, -0.1) is 0 Å². The lowest BCUT2D eigenvalue weighted by Crippen LogP contribution is -2.21. The van der Waals surface area contributed by atoms with Crippen molar-refractivity contribution in [3.8, 4) is 0 Å². The first kappa shape index (κ1) is 25.5. The van der Waals surface area contributed by atoms with E-state index in [4.69, 9.17) is 25.9 Å². The molecule has 0 bridgehead atoms. The molecule has 0 fully saturated rings. The Labute approximate surface area is 165 Å². The molecule has 0 saturated heterocycles. The molecule has 0 spiro atoms. The van der Waals surface area contributed by atoms with Crippen LogP contribution in [0.4, 0.5) is 26.3 Å². The molecule has 0 radical (unpaired) electrons. The van der Waals surface area contributed by atoms with E-state index in [0.717, 1.165) is 11.0 Å². The van der Waals surface area contributed by atoms with Gasteiger partial charge in [0.05, 0.1) is 11.0 Å². The number of fused-ring (bicyclic) bond motifs is 2. The fourth-order valence-corrected chi connectivity index (χ4v) is 1.72. The first-order valence-corrected chi connectivity index (χ1v) is 10.1. The number of nitrogens with zero attached hydrogens (tertiary/aromatic N) is 1. The zero-order valence-electron chi connectivity index (χ0n) is 14.3. The fourth-order valence-electron chi connectivity index (χ4n) is 1.72. The summed E-state index contributed by atoms with van der Waals surface area (Å²) >= 11 is 0. The van der Waals surface area contributed by atoms with Crippen molar-refractivity contribution in [1.82, 2.24) is 4.98 Å². The molecule has 2 aromatic carbocycles. The van der Waals surface area contributed by atoms with Crippen molar-refractivity contribution in [1.29, 1.82) is 0 Å². The van der Waals surface area contributed by atoms with Gasteiger partial charge in [-0.2, -0.15) is 43.2 Å². The van der Waals surface area contributed by atoms with E-state index in [1.165, 1.54) is 10.8 Å². The Bertz CT molecular complexity index is 1080. The zero-order valence-corrected chi connectivity index (χ0v) is 15.9. The predicted molar refractivity (Wildman–Crippen MR) is 94.5 cm³/mol. The first-order chi connectivity index (χ1) is 13.4. The SMILES string of the molecule is O=S(=O)(O)C(F)(F)F.O=S(=O)(O)C(F)(F)F.c1ccc2nc3ccccc3cc2c1. The maximum absolute atomic E-state index is 10.7. The minimum atomic E-state index is -5.84. The Balaban J connectivity index is 0.000000245. The smallest absolute Gasteiger partial charge is 0.279 e. The van der Waals surface area contributed by atoms with Crippen LogP contribution in [0.5, 0.6) is 0 Å². The van der Waals surface area contributed by atoms with Gasteiger partial charge in [-0.3, -0.25) is 9.11 Å². The summed E-state index contributed by atoms with van der Waals surface area (Å²) in [7, 11) is -11.7. The van der Waals surface area contributed by atoms with Crippen molar-refractivity contribution in [2.75, 3.05) is 0 Å². The van der Waals surface area contributed by atoms with Gasteiger partial charge in [-0.1, -0.05) is 36.4 Å². The highest BCUT2D eigenvalue weighted by atomic mass is 32.2. The predicted octanol–water partition coefficient (Wildman–Crippen LogP) is 4.18. The molecule has 30 heavy (non-hydrogen) atoms. The van der Waals surface area contributed by atoms with Crippen LogP contribution < -0.4 is 0 Å². The van der Waals surface area contributed by atoms with E-state index < -0.39 is 31.3 Å². The first-order valence-electron chi connectivity index (χ1n) is 7.25. The van der Waals surface area contributed by atoms with Crippen LogP contribution in [0.15, 0.2) is 54.6 Å². The third kappa shape index (κ3) is 7.40. The van der Waals surface area contributed by atoms with Crippen molar-refractivity contribution in [2.45, 2.75) is 11.0 Å². The quantitative estimate of drug-likeness (QED) is 0.215. The standard InChI is InChI=1S/C13H9N.2CHF3O3S/c1-3-7-12-10(5-1)9-11-6-2-4-8-13(11)14-12;2*2-1(3,4)8(5,6)7/h1-9H;2*(H,5,6,7). The lowest BCUT2D eigenvalue weighted by molar-refractivity contribution is -0.0514. The summed E-state index contributed by atoms with van der Waals surface area (Å²) in [5.41, 5.74) is -8.95. The van der Waals surface area contributed by atoms with Gasteiger partial charge in [-0.25, -0.2) is 4.98 Å². The number of para-hydroxylation sites is 2. The molecule has 7 nitrogen and oxygen atoms in total. The van der Waals surface area contributed by atoms with Crippen LogP contribution in [-0.4, -0.2) is 41.9 Å². The minimum Gasteiger partial charge on any atom is -0.279 e. The average molecular weight is 479 g/mol. The number of alkyl halides is 6. The van der Waals surface area contributed by atoms with E-state index in [1.807, 2.05) is 36.4 Å². The maximum Gasteiger partial charge on any atom is 0.522 e. The highest BCUT2D eigenvalue weighted by Crippen LogP contribution is 2.21. The van der Waals surface area contributed by atoms with Crippen molar-refractivity contribution in [3.05, 3.63) is 54.6 Å². The van der Waals surface area contributed by atoms with Crippen LogP contribution in [0.3, 0.4) is 0 Å². The van der Waals surface area contributed by atoms with Crippen LogP contribution in [0.1, 0.15) is 0 Å². The van der Waals surface area contributed by atoms with Crippen molar-refractivity contribution in [3.63, 3.8) is 0 Å². The van der Waals surface area contributed by atoms with Gasteiger partial charge >= 0.3 is 31.3 Å². The molecule has 1 aromatic heterocycles. The summed E-state index contributed by atoms with van der Waals surface area (Å²) in [5, 5.41) is 2.40. The van der Waals surface area contributed by atoms with E-state index in [9.17, 15) is 26.3 Å². The van der Waals surface area contributed by atoms with Crippen molar-refractivity contribution >= 4 is 42.0 Å². The second-order valence-corrected chi connectivity index (χ2v) is 8.04. The molecule has 0 saturated carbocycles. The molecule has 1 heterocycles. The monoisotopic (exact) mass is 479 g/mol. The van der Waals surface area contributed by atoms with E-state index in [2.05, 4.69) is 23.2 Å². The third-order valence-electron chi connectivity index (χ3n) is 3.01. The van der Waals surface area contributed by atoms with Gasteiger partial charge in [0.15, 0.2) is 0 Å². The third-order valence-corrected chi connectivity index (χ3v) is 4.18. The molecule has 0 aliphatic rings. The Morgan fingerprint density at radius 3 is 1.17 bits per heavy atom. The van der Waals surface area contributed by atoms with E-state index >= 15 is 0 Å². The second-order valence-electron chi connectivity index (χ2n) is 5.22. The molecule has 0 unspecified atom stereocenters. The summed E-state index contributed by atoms with van der Waals surface area (Å²) in [6.45, 7) is 0. The number of aromatic nitrogens is 1. The van der Waals surface area contributed by atoms with Gasteiger partial charge in [0.25, 0.3) is 0 Å². The average Bonchev–Trinajstić information content (AvgIpc) is 2.57. The number of rotatable bonds is 0. The van der Waals surface area contributed by atoms with Crippen molar-refractivity contribution in [2.24, 2.45) is 0 Å². The summed E-state index contributed by atoms with van der Waals surface area (Å²) in [6, 6.07) is 18.6. The van der Waals surface area contributed by atoms with E-state index in [0.29, 0.717) is 0 Å². The largest absolute Gasteiger partial charge is 0.522 e. The lowest BCUT2D eigenvalue weighted by atomic mass is 10.1. The van der Waals surface area contributed by atoms with Crippen molar-refractivity contribution < 1.29 is 52.3 Å². The number of halogens is 6. The normalized spacial score (nSPS) is 12.5. The molecule has 0 atom stereocenters. The molecule has 2 N–H and O–H groups in total. The number of benzene rings is 2. The van der Waals surface area contributed by atoms with Gasteiger partial charge in [0.2, 0.25) is 0 Å². The molecule has 166 valence electrons. The van der Waals surface area contributed by atoms with Gasteiger partial charge in [-0.05, 0) is 18.2 Å². The molecule has 3 aromatic rings. The zero-order chi connectivity index (χ0) is 23.4. The summed E-state index contributed by atoms with van der Waals surface area (Å²) < 4.78 is 115. The molecule has 0 amide bonds. The Hall–Kier alpha value is -2.49. The maximum atomic E-state index is 10.7. The van der Waals surface area contributed by atoms with Crippen LogP contribution in [0, 0.1) is 0 Å². The highest BCUT2D eigenvalue weighted by Gasteiger charge is 2.45. The molecule has 3 rings (SSSR count). The second kappa shape index (κ2) is 9.11. The Kier molecular flexibility index (Phi) is 7.76. The summed E-state index contributed by atoms with van der Waals surface area (Å²) in [6.07, 6.45) is 0. The van der Waals surface area contributed by atoms with Crippen LogP contribution in [0.2, 0.25) is 0 Å². The minimum absolute atomic E-state index is 1.06. The number of pyridine rings is 1. The van der Waals surface area contributed by atoms with Gasteiger partial charge in [0, 0.05) is 10.8 Å².